The molecule has 25 heavy (non-hydrogen) atoms. The molecule has 4 atom stereocenters. The van der Waals surface area contributed by atoms with Gasteiger partial charge in [-0.15, -0.1) is 0 Å². The number of phosphoric acid groups is 1. The van der Waals surface area contributed by atoms with Crippen molar-refractivity contribution in [3.8, 4) is 0 Å². The summed E-state index contributed by atoms with van der Waals surface area (Å²) >= 11 is 0. The summed E-state index contributed by atoms with van der Waals surface area (Å²) in [5.74, 6) is 0. The van der Waals surface area contributed by atoms with Gasteiger partial charge in [-0.25, -0.2) is 14.5 Å². The summed E-state index contributed by atoms with van der Waals surface area (Å²) in [6.07, 6.45) is -1.34. The van der Waals surface area contributed by atoms with Crippen LogP contribution >= 0.6 is 7.82 Å². The van der Waals surface area contributed by atoms with Gasteiger partial charge in [0.25, 0.3) is 5.56 Å². The van der Waals surface area contributed by atoms with Crippen LogP contribution in [0.2, 0.25) is 0 Å². The molecule has 2 aromatic rings. The van der Waals surface area contributed by atoms with Crippen LogP contribution in [-0.4, -0.2) is 59.3 Å². The Hall–Kier alpha value is -2.31. The maximum atomic E-state index is 11.7. The van der Waals surface area contributed by atoms with E-state index in [1.165, 1.54) is 10.9 Å². The van der Waals surface area contributed by atoms with Crippen molar-refractivity contribution in [2.24, 2.45) is 5.11 Å². The molecule has 15 heteroatoms. The van der Waals surface area contributed by atoms with E-state index in [1.807, 2.05) is 0 Å². The van der Waals surface area contributed by atoms with Crippen LogP contribution in [0.1, 0.15) is 6.23 Å². The van der Waals surface area contributed by atoms with Crippen LogP contribution in [0.3, 0.4) is 0 Å². The number of imidazole rings is 1. The standard InChI is InChI=1S/C10H12N7O7P/c11-16-15-5-7(18)4(1-23-25(20,21)22)24-10(5)17-3-14-6-8(17)12-2-13-9(6)19/h2-5,7,10,18H,1H2,(H,12,13,19)(H2,20,21,22)/t4-,5-,7-,10-/m1/s1. The predicted octanol–water partition coefficient (Wildman–Crippen LogP) is -0.834. The maximum Gasteiger partial charge on any atom is 0.469 e. The zero-order valence-electron chi connectivity index (χ0n) is 12.3. The van der Waals surface area contributed by atoms with E-state index in [0.717, 1.165) is 6.33 Å². The molecule has 3 rings (SSSR count). The normalized spacial score (nSPS) is 26.7. The van der Waals surface area contributed by atoms with Crippen molar-refractivity contribution in [3.63, 3.8) is 0 Å². The largest absolute Gasteiger partial charge is 0.469 e. The number of hydrogen-bond acceptors (Lipinski definition) is 8. The molecule has 0 aliphatic carbocycles. The quantitative estimate of drug-likeness (QED) is 0.223. The van der Waals surface area contributed by atoms with Gasteiger partial charge in [0.1, 0.15) is 18.4 Å². The molecule has 0 spiro atoms. The first-order chi connectivity index (χ1) is 11.8. The van der Waals surface area contributed by atoms with Crippen LogP contribution in [0, 0.1) is 0 Å². The van der Waals surface area contributed by atoms with Crippen LogP contribution in [-0.2, 0) is 13.8 Å². The van der Waals surface area contributed by atoms with E-state index < -0.39 is 44.5 Å². The van der Waals surface area contributed by atoms with Gasteiger partial charge >= 0.3 is 7.82 Å². The van der Waals surface area contributed by atoms with Crippen LogP contribution in [0.25, 0.3) is 21.6 Å². The molecular weight excluding hydrogens is 361 g/mol. The number of ether oxygens (including phenoxy) is 1. The van der Waals surface area contributed by atoms with Gasteiger partial charge in [0.15, 0.2) is 11.2 Å². The highest BCUT2D eigenvalue weighted by atomic mass is 31.2. The van der Waals surface area contributed by atoms with Gasteiger partial charge in [0.05, 0.1) is 25.4 Å². The summed E-state index contributed by atoms with van der Waals surface area (Å²) in [6.45, 7) is -0.639. The highest BCUT2D eigenvalue weighted by Crippen LogP contribution is 2.39. The fourth-order valence-corrected chi connectivity index (χ4v) is 2.84. The summed E-state index contributed by atoms with van der Waals surface area (Å²) in [4.78, 5) is 42.1. The number of aliphatic hydroxyl groups excluding tert-OH is 1. The van der Waals surface area contributed by atoms with Crippen molar-refractivity contribution in [2.45, 2.75) is 24.5 Å². The molecule has 0 bridgehead atoms. The van der Waals surface area contributed by atoms with Crippen LogP contribution in [0.4, 0.5) is 0 Å². The van der Waals surface area contributed by atoms with Gasteiger partial charge < -0.3 is 24.6 Å². The van der Waals surface area contributed by atoms with Crippen LogP contribution in [0.15, 0.2) is 22.6 Å². The van der Waals surface area contributed by atoms with Gasteiger partial charge in [-0.05, 0) is 5.53 Å². The minimum Gasteiger partial charge on any atom is -0.390 e. The second-order valence-corrected chi connectivity index (χ2v) is 6.33. The Morgan fingerprint density at radius 3 is 2.96 bits per heavy atom. The number of nitrogens with one attached hydrogen (secondary N) is 1. The molecule has 2 aromatic heterocycles. The Kier molecular flexibility index (Phi) is 4.58. The number of nitrogens with zero attached hydrogens (tertiary/aromatic N) is 6. The molecule has 1 fully saturated rings. The minimum atomic E-state index is -4.78. The summed E-state index contributed by atoms with van der Waals surface area (Å²) in [5, 5.41) is 13.7. The fraction of sp³-hybridized carbons (Fsp3) is 0.500. The molecule has 134 valence electrons. The molecule has 1 aliphatic heterocycles. The zero-order chi connectivity index (χ0) is 18.2. The number of rotatable bonds is 5. The third-order valence-electron chi connectivity index (χ3n) is 3.57. The van der Waals surface area contributed by atoms with Gasteiger partial charge in [-0.3, -0.25) is 13.9 Å². The molecule has 1 saturated heterocycles. The van der Waals surface area contributed by atoms with E-state index in [-0.39, 0.29) is 11.2 Å². The number of phosphoric ester groups is 1. The first-order valence-corrected chi connectivity index (χ1v) is 8.33. The Morgan fingerprint density at radius 1 is 1.52 bits per heavy atom. The van der Waals surface area contributed by atoms with Crippen molar-refractivity contribution in [1.82, 2.24) is 19.5 Å². The van der Waals surface area contributed by atoms with E-state index in [0.29, 0.717) is 0 Å². The molecule has 1 aliphatic rings. The zero-order valence-corrected chi connectivity index (χ0v) is 13.2. The lowest BCUT2D eigenvalue weighted by molar-refractivity contribution is -0.0429. The monoisotopic (exact) mass is 373 g/mol. The number of hydrogen-bond donors (Lipinski definition) is 4. The fourth-order valence-electron chi connectivity index (χ4n) is 2.50. The SMILES string of the molecule is [N-]=[N+]=N[C@@H]1[C@H](O)[C@@H](COP(=O)(O)O)O[C@H]1n1cnc2c(=O)[nH]cnc21. The van der Waals surface area contributed by atoms with Crippen LogP contribution < -0.4 is 5.56 Å². The van der Waals surface area contributed by atoms with Crippen molar-refractivity contribution in [3.05, 3.63) is 33.5 Å². The van der Waals surface area contributed by atoms with Gasteiger partial charge in [0, 0.05) is 4.91 Å². The topological polar surface area (TPSA) is 209 Å². The highest BCUT2D eigenvalue weighted by molar-refractivity contribution is 7.46. The van der Waals surface area contributed by atoms with Crippen molar-refractivity contribution in [2.75, 3.05) is 6.61 Å². The predicted molar refractivity (Wildman–Crippen MR) is 79.0 cm³/mol. The van der Waals surface area contributed by atoms with Crippen LogP contribution in [0.5, 0.6) is 0 Å². The second kappa shape index (κ2) is 6.54. The molecule has 0 aromatic carbocycles. The Labute approximate surface area is 137 Å². The van der Waals surface area contributed by atoms with Crippen molar-refractivity contribution in [1.29, 1.82) is 0 Å². The Balaban J connectivity index is 1.95. The number of azide groups is 1. The molecule has 0 amide bonds. The number of fused-ring (bicyclic) bond motifs is 1. The highest BCUT2D eigenvalue weighted by Gasteiger charge is 2.45. The maximum absolute atomic E-state index is 11.7. The Bertz CT molecular complexity index is 931. The first kappa shape index (κ1) is 17.5. The summed E-state index contributed by atoms with van der Waals surface area (Å²) in [6, 6.07) is -1.16. The molecule has 4 N–H and O–H groups in total. The van der Waals surface area contributed by atoms with E-state index in [2.05, 4.69) is 29.5 Å². The number of aliphatic hydroxyl groups is 1. The van der Waals surface area contributed by atoms with E-state index in [9.17, 15) is 14.5 Å². The van der Waals surface area contributed by atoms with Gasteiger partial charge in [-0.1, -0.05) is 5.11 Å². The number of aromatic nitrogens is 4. The van der Waals surface area contributed by atoms with E-state index in [1.54, 1.807) is 0 Å². The molecule has 0 radical (unpaired) electrons. The van der Waals surface area contributed by atoms with Gasteiger partial charge in [0.2, 0.25) is 0 Å². The van der Waals surface area contributed by atoms with E-state index in [4.69, 9.17) is 20.1 Å². The molecule has 3 heterocycles. The summed E-state index contributed by atoms with van der Waals surface area (Å²) in [5.41, 5.74) is 8.34. The average molecular weight is 373 g/mol. The molecule has 0 saturated carbocycles. The molecule has 0 unspecified atom stereocenters. The molecule has 14 nitrogen and oxygen atoms in total. The second-order valence-electron chi connectivity index (χ2n) is 5.09. The van der Waals surface area contributed by atoms with E-state index >= 15 is 0 Å². The lowest BCUT2D eigenvalue weighted by atomic mass is 10.1. The minimum absolute atomic E-state index is 0.00944. The number of H-pyrrole nitrogens is 1. The van der Waals surface area contributed by atoms with Crippen molar-refractivity contribution >= 4 is 19.0 Å². The Morgan fingerprint density at radius 2 is 2.28 bits per heavy atom. The first-order valence-electron chi connectivity index (χ1n) is 6.80. The van der Waals surface area contributed by atoms with Crippen molar-refractivity contribution < 1.29 is 28.7 Å². The lowest BCUT2D eigenvalue weighted by Gasteiger charge is -2.16. The lowest BCUT2D eigenvalue weighted by Crippen LogP contribution is -2.32. The third kappa shape index (κ3) is 3.41. The summed E-state index contributed by atoms with van der Waals surface area (Å²) < 4.78 is 21.9. The smallest absolute Gasteiger partial charge is 0.390 e. The average Bonchev–Trinajstić information content (AvgIpc) is 3.09. The third-order valence-corrected chi connectivity index (χ3v) is 4.05. The van der Waals surface area contributed by atoms with Gasteiger partial charge in [-0.2, -0.15) is 0 Å². The summed E-state index contributed by atoms with van der Waals surface area (Å²) in [7, 11) is -4.78. The molecular formula is C10H12N7O7P. The number of aromatic amines is 1.